The Balaban J connectivity index is 1.13. The SMILES string of the molecule is COc1ccc(C(Cc2c(Cl)cncc2Cl)OC(=O)c2cccc(COC(=O)NC(C(=O)O[C@H]3CN4CCC3CC4)c3ccccc3)c2)cc1OC. The smallest absolute Gasteiger partial charge is 0.408 e. The number of carbonyl (C=O) groups is 3. The van der Waals surface area contributed by atoms with E-state index in [9.17, 15) is 14.4 Å². The zero-order valence-electron chi connectivity index (χ0n) is 28.8. The zero-order chi connectivity index (χ0) is 36.6. The van der Waals surface area contributed by atoms with Crippen molar-refractivity contribution in [1.29, 1.82) is 0 Å². The van der Waals surface area contributed by atoms with Crippen LogP contribution in [0.25, 0.3) is 0 Å². The molecule has 1 amide bonds. The molecule has 3 fully saturated rings. The van der Waals surface area contributed by atoms with E-state index in [4.69, 9.17) is 46.9 Å². The molecule has 3 atom stereocenters. The van der Waals surface area contributed by atoms with Crippen LogP contribution in [0.3, 0.4) is 0 Å². The molecule has 7 rings (SSSR count). The molecule has 4 aromatic rings. The quantitative estimate of drug-likeness (QED) is 0.111. The number of hydrogen-bond acceptors (Lipinski definition) is 10. The number of benzene rings is 3. The van der Waals surface area contributed by atoms with Gasteiger partial charge in [0.15, 0.2) is 17.5 Å². The van der Waals surface area contributed by atoms with Crippen LogP contribution in [-0.2, 0) is 32.0 Å². The highest BCUT2D eigenvalue weighted by atomic mass is 35.5. The van der Waals surface area contributed by atoms with E-state index in [0.29, 0.717) is 56.3 Å². The van der Waals surface area contributed by atoms with Gasteiger partial charge >= 0.3 is 18.0 Å². The second-order valence-corrected chi connectivity index (χ2v) is 13.5. The van der Waals surface area contributed by atoms with Crippen LogP contribution in [0.15, 0.2) is 85.2 Å². The third kappa shape index (κ3) is 8.96. The molecular formula is C39H39Cl2N3O8. The summed E-state index contributed by atoms with van der Waals surface area (Å²) >= 11 is 12.9. The Morgan fingerprint density at radius 1 is 0.885 bits per heavy atom. The van der Waals surface area contributed by atoms with Crippen LogP contribution in [0.2, 0.25) is 10.0 Å². The molecule has 11 nitrogen and oxygen atoms in total. The second kappa shape index (κ2) is 17.1. The summed E-state index contributed by atoms with van der Waals surface area (Å²) in [6.45, 7) is 2.54. The summed E-state index contributed by atoms with van der Waals surface area (Å²) < 4.78 is 28.4. The molecule has 3 aliphatic rings. The van der Waals surface area contributed by atoms with E-state index >= 15 is 0 Å². The number of piperidine rings is 3. The lowest BCUT2D eigenvalue weighted by Gasteiger charge is -2.44. The third-order valence-corrected chi connectivity index (χ3v) is 10.0. The van der Waals surface area contributed by atoms with Gasteiger partial charge in [0.1, 0.15) is 18.8 Å². The lowest BCUT2D eigenvalue weighted by molar-refractivity contribution is -0.161. The van der Waals surface area contributed by atoms with E-state index in [1.807, 2.05) is 6.07 Å². The van der Waals surface area contributed by atoms with Gasteiger partial charge in [-0.05, 0) is 78.4 Å². The van der Waals surface area contributed by atoms with Crippen molar-refractivity contribution in [3.8, 4) is 11.5 Å². The van der Waals surface area contributed by atoms with Gasteiger partial charge in [0.25, 0.3) is 0 Å². The summed E-state index contributed by atoms with van der Waals surface area (Å²) in [6.07, 6.45) is 3.21. The van der Waals surface area contributed by atoms with Crippen molar-refractivity contribution in [1.82, 2.24) is 15.2 Å². The molecule has 0 radical (unpaired) electrons. The molecule has 13 heteroatoms. The second-order valence-electron chi connectivity index (χ2n) is 12.7. The normalized spacial score (nSPS) is 18.8. The number of nitrogens with one attached hydrogen (secondary N) is 1. The van der Waals surface area contributed by atoms with Crippen LogP contribution in [0.1, 0.15) is 57.6 Å². The Labute approximate surface area is 312 Å². The molecule has 0 saturated carbocycles. The fourth-order valence-electron chi connectivity index (χ4n) is 6.58. The number of rotatable bonds is 13. The summed E-state index contributed by atoms with van der Waals surface area (Å²) in [4.78, 5) is 46.5. The van der Waals surface area contributed by atoms with Crippen LogP contribution < -0.4 is 14.8 Å². The van der Waals surface area contributed by atoms with Crippen molar-refractivity contribution in [3.63, 3.8) is 0 Å². The zero-order valence-corrected chi connectivity index (χ0v) is 30.3. The molecule has 4 heterocycles. The van der Waals surface area contributed by atoms with Gasteiger partial charge in [-0.3, -0.25) is 9.88 Å². The first kappa shape index (κ1) is 36.9. The number of carbonyl (C=O) groups excluding carboxylic acids is 3. The van der Waals surface area contributed by atoms with E-state index in [-0.39, 0.29) is 24.7 Å². The summed E-state index contributed by atoms with van der Waals surface area (Å²) in [7, 11) is 3.04. The molecule has 0 spiro atoms. The van der Waals surface area contributed by atoms with E-state index < -0.39 is 30.2 Å². The van der Waals surface area contributed by atoms with E-state index in [0.717, 1.165) is 25.9 Å². The first-order chi connectivity index (χ1) is 25.2. The molecule has 2 unspecified atom stereocenters. The molecule has 3 aromatic carbocycles. The number of pyridine rings is 1. The van der Waals surface area contributed by atoms with Gasteiger partial charge in [-0.25, -0.2) is 14.4 Å². The molecule has 1 N–H and O–H groups in total. The lowest BCUT2D eigenvalue weighted by Crippen LogP contribution is -2.52. The van der Waals surface area contributed by atoms with Gasteiger partial charge in [-0.2, -0.15) is 0 Å². The van der Waals surface area contributed by atoms with Crippen molar-refractivity contribution in [2.75, 3.05) is 33.9 Å². The number of alkyl carbamates (subject to hydrolysis) is 1. The van der Waals surface area contributed by atoms with Gasteiger partial charge in [-0.1, -0.05) is 71.7 Å². The number of ether oxygens (including phenoxy) is 5. The van der Waals surface area contributed by atoms with Crippen LogP contribution in [0.4, 0.5) is 4.79 Å². The number of hydrogen-bond donors (Lipinski definition) is 1. The molecule has 3 saturated heterocycles. The van der Waals surface area contributed by atoms with Crippen molar-refractivity contribution in [2.24, 2.45) is 5.92 Å². The van der Waals surface area contributed by atoms with Crippen molar-refractivity contribution < 1.29 is 38.1 Å². The van der Waals surface area contributed by atoms with E-state index in [1.54, 1.807) is 66.7 Å². The fraction of sp³-hybridized carbons (Fsp3) is 0.333. The number of esters is 2. The first-order valence-corrected chi connectivity index (χ1v) is 17.7. The minimum atomic E-state index is -1.05. The van der Waals surface area contributed by atoms with Gasteiger partial charge in [0.05, 0.1) is 29.8 Å². The third-order valence-electron chi connectivity index (χ3n) is 9.40. The first-order valence-electron chi connectivity index (χ1n) is 16.9. The maximum absolute atomic E-state index is 13.6. The molecular weight excluding hydrogens is 709 g/mol. The van der Waals surface area contributed by atoms with Gasteiger partial charge < -0.3 is 29.0 Å². The number of methoxy groups -OCH3 is 2. The maximum atomic E-state index is 13.6. The van der Waals surface area contributed by atoms with Gasteiger partial charge in [0, 0.05) is 25.4 Å². The standard InChI is InChI=1S/C39H39Cl2N3O8/c1-48-32-12-11-27(18-34(32)49-2)33(19-29-30(40)20-42-21-31(29)41)51-37(45)28-10-6-7-24(17-28)23-50-39(47)43-36(26-8-4-3-5-9-26)38(46)52-35-22-44-15-13-25(35)14-16-44/h3-12,17-18,20-21,25,33,35-36H,13-16,19,22-23H2,1-2H3,(H,43,47)/t33?,35-,36?/m0/s1. The Kier molecular flexibility index (Phi) is 12.2. The van der Waals surface area contributed by atoms with Crippen molar-refractivity contribution in [2.45, 2.75) is 44.1 Å². The highest BCUT2D eigenvalue weighted by Crippen LogP contribution is 2.36. The molecule has 3 aliphatic heterocycles. The minimum absolute atomic E-state index is 0.148. The van der Waals surface area contributed by atoms with Gasteiger partial charge in [0.2, 0.25) is 0 Å². The number of nitrogens with zero attached hydrogens (tertiary/aromatic N) is 2. The van der Waals surface area contributed by atoms with Crippen LogP contribution in [0, 0.1) is 5.92 Å². The predicted octanol–water partition coefficient (Wildman–Crippen LogP) is 7.15. The lowest BCUT2D eigenvalue weighted by atomic mass is 9.86. The molecule has 272 valence electrons. The predicted molar refractivity (Wildman–Crippen MR) is 194 cm³/mol. The van der Waals surface area contributed by atoms with Gasteiger partial charge in [-0.15, -0.1) is 0 Å². The molecule has 1 aromatic heterocycles. The number of halogens is 2. The Hall–Kier alpha value is -4.84. The number of fused-ring (bicyclic) bond motifs is 3. The number of amides is 1. The Bertz CT molecular complexity index is 1870. The van der Waals surface area contributed by atoms with Crippen molar-refractivity contribution >= 4 is 41.2 Å². The summed E-state index contributed by atoms with van der Waals surface area (Å²) in [5, 5.41) is 3.34. The Morgan fingerprint density at radius 2 is 1.62 bits per heavy atom. The molecule has 52 heavy (non-hydrogen) atoms. The highest BCUT2D eigenvalue weighted by Gasteiger charge is 2.38. The maximum Gasteiger partial charge on any atom is 0.408 e. The summed E-state index contributed by atoms with van der Waals surface area (Å²) in [5.41, 5.74) is 2.50. The minimum Gasteiger partial charge on any atom is -0.493 e. The monoisotopic (exact) mass is 747 g/mol. The highest BCUT2D eigenvalue weighted by molar-refractivity contribution is 6.35. The molecule has 2 bridgehead atoms. The topological polar surface area (TPSA) is 126 Å². The fourth-order valence-corrected chi connectivity index (χ4v) is 7.10. The van der Waals surface area contributed by atoms with Crippen LogP contribution >= 0.6 is 23.2 Å². The van der Waals surface area contributed by atoms with E-state index in [1.165, 1.54) is 26.6 Å². The average Bonchev–Trinajstić information content (AvgIpc) is 3.17. The summed E-state index contributed by atoms with van der Waals surface area (Å²) in [5.74, 6) is 0.107. The van der Waals surface area contributed by atoms with Crippen LogP contribution in [-0.4, -0.2) is 67.9 Å². The van der Waals surface area contributed by atoms with Crippen molar-refractivity contribution in [3.05, 3.63) is 123 Å². The van der Waals surface area contributed by atoms with Crippen LogP contribution in [0.5, 0.6) is 11.5 Å². The summed E-state index contributed by atoms with van der Waals surface area (Å²) in [6, 6.07) is 19.6. The molecule has 0 aliphatic carbocycles. The van der Waals surface area contributed by atoms with E-state index in [2.05, 4.69) is 15.2 Å². The Morgan fingerprint density at radius 3 is 2.29 bits per heavy atom. The number of aromatic nitrogens is 1. The average molecular weight is 749 g/mol. The largest absolute Gasteiger partial charge is 0.493 e.